The Hall–Kier alpha value is -3.22. The Bertz CT molecular complexity index is 857. The fraction of sp³-hybridized carbons (Fsp3) is 0.222. The highest BCUT2D eigenvalue weighted by Gasteiger charge is 2.22. The molecule has 1 fully saturated rings. The molecule has 0 spiro atoms. The molecule has 1 saturated carbocycles. The van der Waals surface area contributed by atoms with Crippen LogP contribution in [-0.4, -0.2) is 32.7 Å². The predicted octanol–water partition coefficient (Wildman–Crippen LogP) is 2.91. The highest BCUT2D eigenvalue weighted by atomic mass is 16.5. The molecule has 0 saturated heterocycles. The predicted molar refractivity (Wildman–Crippen MR) is 92.2 cm³/mol. The SMILES string of the molecule is O=C(Nc1cn[nH]c1-c1ccccn1)c1ccc(OCC2CC2)nc1. The van der Waals surface area contributed by atoms with Crippen LogP contribution in [0.15, 0.2) is 48.9 Å². The molecule has 1 aliphatic carbocycles. The first-order valence-electron chi connectivity index (χ1n) is 8.14. The Morgan fingerprint density at radius 1 is 1.20 bits per heavy atom. The van der Waals surface area contributed by atoms with Gasteiger partial charge in [-0.1, -0.05) is 6.07 Å². The summed E-state index contributed by atoms with van der Waals surface area (Å²) in [5.41, 5.74) is 2.38. The van der Waals surface area contributed by atoms with Gasteiger partial charge in [0.15, 0.2) is 0 Å². The molecule has 3 aromatic heterocycles. The Labute approximate surface area is 144 Å². The number of pyridine rings is 2. The number of hydrogen-bond donors (Lipinski definition) is 2. The zero-order valence-electron chi connectivity index (χ0n) is 13.5. The lowest BCUT2D eigenvalue weighted by Gasteiger charge is -2.07. The number of H-pyrrole nitrogens is 1. The molecule has 4 rings (SSSR count). The maximum absolute atomic E-state index is 12.4. The number of rotatable bonds is 6. The maximum Gasteiger partial charge on any atom is 0.257 e. The van der Waals surface area contributed by atoms with Gasteiger partial charge in [-0.15, -0.1) is 0 Å². The zero-order chi connectivity index (χ0) is 17.1. The zero-order valence-corrected chi connectivity index (χ0v) is 13.5. The number of hydrogen-bond acceptors (Lipinski definition) is 5. The van der Waals surface area contributed by atoms with Crippen LogP contribution in [0.2, 0.25) is 0 Å². The lowest BCUT2D eigenvalue weighted by atomic mass is 10.2. The smallest absolute Gasteiger partial charge is 0.257 e. The first-order chi connectivity index (χ1) is 12.3. The van der Waals surface area contributed by atoms with Crippen LogP contribution in [0.1, 0.15) is 23.2 Å². The van der Waals surface area contributed by atoms with Crippen LogP contribution in [0.5, 0.6) is 5.88 Å². The largest absolute Gasteiger partial charge is 0.477 e. The molecule has 0 aromatic carbocycles. The number of carbonyl (C=O) groups excluding carboxylic acids is 1. The molecular weight excluding hydrogens is 318 g/mol. The van der Waals surface area contributed by atoms with Crippen molar-refractivity contribution in [2.24, 2.45) is 5.92 Å². The van der Waals surface area contributed by atoms with E-state index < -0.39 is 0 Å². The van der Waals surface area contributed by atoms with Gasteiger partial charge >= 0.3 is 0 Å². The number of nitrogens with zero attached hydrogens (tertiary/aromatic N) is 3. The second-order valence-electron chi connectivity index (χ2n) is 5.97. The van der Waals surface area contributed by atoms with E-state index in [-0.39, 0.29) is 5.91 Å². The molecule has 2 N–H and O–H groups in total. The summed E-state index contributed by atoms with van der Waals surface area (Å²) in [5.74, 6) is 0.941. The van der Waals surface area contributed by atoms with Gasteiger partial charge in [0.2, 0.25) is 5.88 Å². The topological polar surface area (TPSA) is 92.8 Å². The summed E-state index contributed by atoms with van der Waals surface area (Å²) in [6, 6.07) is 8.96. The van der Waals surface area contributed by atoms with Gasteiger partial charge in [0, 0.05) is 18.5 Å². The molecule has 0 radical (unpaired) electrons. The van der Waals surface area contributed by atoms with E-state index in [4.69, 9.17) is 4.74 Å². The van der Waals surface area contributed by atoms with Gasteiger partial charge in [0.05, 0.1) is 29.7 Å². The van der Waals surface area contributed by atoms with Crippen molar-refractivity contribution in [3.63, 3.8) is 0 Å². The van der Waals surface area contributed by atoms with Gasteiger partial charge in [-0.2, -0.15) is 5.10 Å². The average Bonchev–Trinajstić information content (AvgIpc) is 3.38. The molecule has 25 heavy (non-hydrogen) atoms. The summed E-state index contributed by atoms with van der Waals surface area (Å²) in [4.78, 5) is 20.9. The van der Waals surface area contributed by atoms with E-state index in [9.17, 15) is 4.79 Å². The fourth-order valence-electron chi connectivity index (χ4n) is 2.37. The van der Waals surface area contributed by atoms with E-state index >= 15 is 0 Å². The monoisotopic (exact) mass is 335 g/mol. The van der Waals surface area contributed by atoms with E-state index in [0.717, 1.165) is 0 Å². The molecule has 1 amide bonds. The Kier molecular flexibility index (Phi) is 4.12. The van der Waals surface area contributed by atoms with Crippen LogP contribution in [-0.2, 0) is 0 Å². The standard InChI is InChI=1S/C18H17N5O2/c24-18(13-6-7-16(20-9-13)25-11-12-4-5-12)22-15-10-21-23-17(15)14-3-1-2-8-19-14/h1-3,6-10,12H,4-5,11H2,(H,21,23)(H,22,24). The average molecular weight is 335 g/mol. The quantitative estimate of drug-likeness (QED) is 0.722. The minimum atomic E-state index is -0.264. The van der Waals surface area contributed by atoms with Gasteiger partial charge in [-0.3, -0.25) is 14.9 Å². The van der Waals surface area contributed by atoms with Crippen molar-refractivity contribution in [3.05, 3.63) is 54.5 Å². The van der Waals surface area contributed by atoms with E-state index in [1.54, 1.807) is 24.5 Å². The van der Waals surface area contributed by atoms with E-state index in [2.05, 4.69) is 25.5 Å². The van der Waals surface area contributed by atoms with Crippen LogP contribution < -0.4 is 10.1 Å². The van der Waals surface area contributed by atoms with E-state index in [1.807, 2.05) is 18.2 Å². The second kappa shape index (κ2) is 6.72. The highest BCUT2D eigenvalue weighted by molar-refractivity contribution is 6.05. The molecule has 3 heterocycles. The van der Waals surface area contributed by atoms with Crippen LogP contribution >= 0.6 is 0 Å². The highest BCUT2D eigenvalue weighted by Crippen LogP contribution is 2.29. The third-order valence-corrected chi connectivity index (χ3v) is 3.97. The van der Waals surface area contributed by atoms with Crippen molar-refractivity contribution in [2.75, 3.05) is 11.9 Å². The van der Waals surface area contributed by atoms with Crippen molar-refractivity contribution in [2.45, 2.75) is 12.8 Å². The molecule has 0 unspecified atom stereocenters. The Morgan fingerprint density at radius 2 is 2.12 bits per heavy atom. The summed E-state index contributed by atoms with van der Waals surface area (Å²) in [7, 11) is 0. The minimum absolute atomic E-state index is 0.264. The van der Waals surface area contributed by atoms with Crippen molar-refractivity contribution < 1.29 is 9.53 Å². The van der Waals surface area contributed by atoms with Crippen LogP contribution in [0, 0.1) is 5.92 Å². The van der Waals surface area contributed by atoms with Gasteiger partial charge < -0.3 is 10.1 Å². The fourth-order valence-corrected chi connectivity index (χ4v) is 2.37. The summed E-state index contributed by atoms with van der Waals surface area (Å²) >= 11 is 0. The van der Waals surface area contributed by atoms with E-state index in [1.165, 1.54) is 19.0 Å². The lowest BCUT2D eigenvalue weighted by molar-refractivity contribution is 0.102. The summed E-state index contributed by atoms with van der Waals surface area (Å²) in [6.45, 7) is 0.695. The molecule has 7 heteroatoms. The van der Waals surface area contributed by atoms with Crippen molar-refractivity contribution >= 4 is 11.6 Å². The van der Waals surface area contributed by atoms with E-state index in [0.29, 0.717) is 41.0 Å². The first kappa shape index (κ1) is 15.3. The minimum Gasteiger partial charge on any atom is -0.477 e. The summed E-state index contributed by atoms with van der Waals surface area (Å²) in [6.07, 6.45) is 7.21. The summed E-state index contributed by atoms with van der Waals surface area (Å²) < 4.78 is 5.58. The number of aromatic amines is 1. The number of ether oxygens (including phenoxy) is 1. The molecule has 1 aliphatic rings. The van der Waals surface area contributed by atoms with Crippen LogP contribution in [0.4, 0.5) is 5.69 Å². The Balaban J connectivity index is 1.44. The molecule has 126 valence electrons. The molecule has 0 atom stereocenters. The van der Waals surface area contributed by atoms with Gasteiger partial charge in [-0.05, 0) is 37.0 Å². The molecular formula is C18H17N5O2. The molecule has 0 bridgehead atoms. The number of nitrogens with one attached hydrogen (secondary N) is 2. The van der Waals surface area contributed by atoms with Crippen molar-refractivity contribution in [1.82, 2.24) is 20.2 Å². The van der Waals surface area contributed by atoms with Crippen LogP contribution in [0.25, 0.3) is 11.4 Å². The lowest BCUT2D eigenvalue weighted by Crippen LogP contribution is -2.12. The molecule has 0 aliphatic heterocycles. The summed E-state index contributed by atoms with van der Waals surface area (Å²) in [5, 5.41) is 9.68. The van der Waals surface area contributed by atoms with Crippen molar-refractivity contribution in [3.8, 4) is 17.3 Å². The molecule has 7 nitrogen and oxygen atoms in total. The molecule has 3 aromatic rings. The maximum atomic E-state index is 12.4. The van der Waals surface area contributed by atoms with Gasteiger partial charge in [0.25, 0.3) is 5.91 Å². The van der Waals surface area contributed by atoms with Gasteiger partial charge in [0.1, 0.15) is 5.69 Å². The number of aromatic nitrogens is 4. The van der Waals surface area contributed by atoms with Crippen LogP contribution in [0.3, 0.4) is 0 Å². The first-order valence-corrected chi connectivity index (χ1v) is 8.14. The number of carbonyl (C=O) groups is 1. The third-order valence-electron chi connectivity index (χ3n) is 3.97. The number of amides is 1. The second-order valence-corrected chi connectivity index (χ2v) is 5.97. The van der Waals surface area contributed by atoms with Crippen molar-refractivity contribution in [1.29, 1.82) is 0 Å². The number of anilines is 1. The normalized spacial score (nSPS) is 13.4. The third kappa shape index (κ3) is 3.65. The van der Waals surface area contributed by atoms with Gasteiger partial charge in [-0.25, -0.2) is 4.98 Å². The Morgan fingerprint density at radius 3 is 2.84 bits per heavy atom.